The normalized spacial score (nSPS) is 14.5. The molecule has 1 aromatic carbocycles. The molecule has 1 aliphatic heterocycles. The number of thiophene rings is 1. The number of hydrogen-bond acceptors (Lipinski definition) is 7. The molecule has 7 nitrogen and oxygen atoms in total. The SMILES string of the molecule is COc1ccc(Cn2nc(N3CCOCC3)c3sc(OC(C)=O)cc32)cc1. The second-order valence-corrected chi connectivity index (χ2v) is 7.32. The molecule has 0 aliphatic carbocycles. The second kappa shape index (κ2) is 7.58. The minimum absolute atomic E-state index is 0.318. The molecule has 3 aromatic rings. The molecule has 1 fully saturated rings. The van der Waals surface area contributed by atoms with Crippen LogP contribution in [0.2, 0.25) is 0 Å². The number of ether oxygens (including phenoxy) is 3. The third kappa shape index (κ3) is 3.77. The number of morpholine rings is 1. The van der Waals surface area contributed by atoms with Crippen LogP contribution in [-0.2, 0) is 16.1 Å². The van der Waals surface area contributed by atoms with Crippen molar-refractivity contribution in [1.29, 1.82) is 0 Å². The van der Waals surface area contributed by atoms with E-state index in [9.17, 15) is 4.79 Å². The minimum Gasteiger partial charge on any atom is -0.497 e. The molecule has 0 saturated carbocycles. The predicted molar refractivity (Wildman–Crippen MR) is 104 cm³/mol. The van der Waals surface area contributed by atoms with Crippen molar-refractivity contribution in [3.63, 3.8) is 0 Å². The Kier molecular flexibility index (Phi) is 5.00. The van der Waals surface area contributed by atoms with Crippen LogP contribution < -0.4 is 14.4 Å². The summed E-state index contributed by atoms with van der Waals surface area (Å²) < 4.78 is 19.0. The Bertz CT molecular complexity index is 942. The van der Waals surface area contributed by atoms with Gasteiger partial charge in [-0.05, 0) is 17.7 Å². The molecule has 0 spiro atoms. The van der Waals surface area contributed by atoms with Gasteiger partial charge in [-0.15, -0.1) is 0 Å². The highest BCUT2D eigenvalue weighted by atomic mass is 32.1. The summed E-state index contributed by atoms with van der Waals surface area (Å²) in [5, 5.41) is 5.45. The first-order chi connectivity index (χ1) is 13.1. The molecular weight excluding hydrogens is 366 g/mol. The van der Waals surface area contributed by atoms with E-state index in [1.165, 1.54) is 18.3 Å². The Morgan fingerprint density at radius 1 is 1.26 bits per heavy atom. The van der Waals surface area contributed by atoms with Crippen molar-refractivity contribution in [3.8, 4) is 10.8 Å². The molecule has 4 rings (SSSR count). The summed E-state index contributed by atoms with van der Waals surface area (Å²) in [6.07, 6.45) is 0. The standard InChI is InChI=1S/C19H21N3O4S/c1-13(23)26-17-11-16-18(27-17)19(21-7-9-25-10-8-21)20-22(16)12-14-3-5-15(24-2)6-4-14/h3-6,11H,7-10,12H2,1-2H3. The van der Waals surface area contributed by atoms with E-state index < -0.39 is 0 Å². The quantitative estimate of drug-likeness (QED) is 0.627. The molecule has 0 bridgehead atoms. The van der Waals surface area contributed by atoms with Gasteiger partial charge in [-0.25, -0.2) is 0 Å². The summed E-state index contributed by atoms with van der Waals surface area (Å²) in [6, 6.07) is 9.83. The van der Waals surface area contributed by atoms with E-state index in [2.05, 4.69) is 4.90 Å². The molecule has 0 N–H and O–H groups in total. The van der Waals surface area contributed by atoms with Crippen molar-refractivity contribution in [2.75, 3.05) is 38.3 Å². The predicted octanol–water partition coefficient (Wildman–Crippen LogP) is 2.92. The number of nitrogens with zero attached hydrogens (tertiary/aromatic N) is 3. The van der Waals surface area contributed by atoms with Crippen molar-refractivity contribution >= 4 is 33.3 Å². The average molecular weight is 387 g/mol. The van der Waals surface area contributed by atoms with Gasteiger partial charge in [-0.2, -0.15) is 5.10 Å². The maximum atomic E-state index is 11.4. The van der Waals surface area contributed by atoms with E-state index in [1.807, 2.05) is 35.0 Å². The van der Waals surface area contributed by atoms with Crippen LogP contribution in [0.25, 0.3) is 10.2 Å². The number of benzene rings is 1. The highest BCUT2D eigenvalue weighted by molar-refractivity contribution is 7.21. The first-order valence-electron chi connectivity index (χ1n) is 8.78. The van der Waals surface area contributed by atoms with Crippen LogP contribution in [0, 0.1) is 0 Å². The van der Waals surface area contributed by atoms with Crippen molar-refractivity contribution in [2.24, 2.45) is 0 Å². The number of aromatic nitrogens is 2. The fourth-order valence-corrected chi connectivity index (χ4v) is 4.18. The van der Waals surface area contributed by atoms with Gasteiger partial charge in [0.05, 0.1) is 32.4 Å². The molecular formula is C19H21N3O4S. The molecule has 27 heavy (non-hydrogen) atoms. The summed E-state index contributed by atoms with van der Waals surface area (Å²) in [7, 11) is 1.66. The van der Waals surface area contributed by atoms with Crippen molar-refractivity contribution in [2.45, 2.75) is 13.5 Å². The van der Waals surface area contributed by atoms with Gasteiger partial charge in [0.2, 0.25) is 0 Å². The molecule has 1 saturated heterocycles. The first-order valence-corrected chi connectivity index (χ1v) is 9.60. The van der Waals surface area contributed by atoms with Crippen LogP contribution in [-0.4, -0.2) is 49.2 Å². The van der Waals surface area contributed by atoms with Crippen LogP contribution >= 0.6 is 11.3 Å². The Morgan fingerprint density at radius 3 is 2.67 bits per heavy atom. The summed E-state index contributed by atoms with van der Waals surface area (Å²) in [5.41, 5.74) is 2.09. The van der Waals surface area contributed by atoms with E-state index in [0.29, 0.717) is 24.8 Å². The molecule has 3 heterocycles. The Balaban J connectivity index is 1.71. The molecule has 0 unspecified atom stereocenters. The summed E-state index contributed by atoms with van der Waals surface area (Å²) >= 11 is 1.45. The van der Waals surface area contributed by atoms with Crippen molar-refractivity contribution < 1.29 is 19.0 Å². The van der Waals surface area contributed by atoms with E-state index in [0.717, 1.165) is 40.4 Å². The highest BCUT2D eigenvalue weighted by Gasteiger charge is 2.22. The molecule has 0 radical (unpaired) electrons. The number of carbonyl (C=O) groups is 1. The zero-order valence-corrected chi connectivity index (χ0v) is 16.1. The fourth-order valence-electron chi connectivity index (χ4n) is 3.12. The van der Waals surface area contributed by atoms with Gasteiger partial charge in [0, 0.05) is 26.1 Å². The lowest BCUT2D eigenvalue weighted by molar-refractivity contribution is -0.131. The van der Waals surface area contributed by atoms with E-state index in [-0.39, 0.29) is 5.97 Å². The number of hydrogen-bond donors (Lipinski definition) is 0. The summed E-state index contributed by atoms with van der Waals surface area (Å²) in [4.78, 5) is 13.6. The van der Waals surface area contributed by atoms with Gasteiger partial charge >= 0.3 is 5.97 Å². The fraction of sp³-hybridized carbons (Fsp3) is 0.368. The number of fused-ring (bicyclic) bond motifs is 1. The van der Waals surface area contributed by atoms with Crippen LogP contribution in [0.15, 0.2) is 30.3 Å². The third-order valence-corrected chi connectivity index (χ3v) is 5.43. The van der Waals surface area contributed by atoms with Crippen LogP contribution in [0.1, 0.15) is 12.5 Å². The zero-order valence-electron chi connectivity index (χ0n) is 15.3. The van der Waals surface area contributed by atoms with E-state index in [4.69, 9.17) is 19.3 Å². The van der Waals surface area contributed by atoms with Crippen LogP contribution in [0.3, 0.4) is 0 Å². The summed E-state index contributed by atoms with van der Waals surface area (Å²) in [6.45, 7) is 5.02. The maximum Gasteiger partial charge on any atom is 0.308 e. The monoisotopic (exact) mass is 387 g/mol. The third-order valence-electron chi connectivity index (χ3n) is 4.43. The molecule has 1 aliphatic rings. The lowest BCUT2D eigenvalue weighted by Gasteiger charge is -2.26. The number of rotatable bonds is 5. The molecule has 0 amide bonds. The lowest BCUT2D eigenvalue weighted by Crippen LogP contribution is -2.36. The average Bonchev–Trinajstić information content (AvgIpc) is 3.22. The zero-order chi connectivity index (χ0) is 18.8. The molecule has 142 valence electrons. The largest absolute Gasteiger partial charge is 0.497 e. The Hall–Kier alpha value is -2.58. The van der Waals surface area contributed by atoms with Crippen LogP contribution in [0.5, 0.6) is 10.8 Å². The molecule has 0 atom stereocenters. The van der Waals surface area contributed by atoms with Crippen LogP contribution in [0.4, 0.5) is 5.82 Å². The number of methoxy groups -OCH3 is 1. The van der Waals surface area contributed by atoms with Gasteiger partial charge in [-0.3, -0.25) is 9.48 Å². The Labute approximate surface area is 161 Å². The maximum absolute atomic E-state index is 11.4. The summed E-state index contributed by atoms with van der Waals surface area (Å²) in [5.74, 6) is 1.43. The van der Waals surface area contributed by atoms with E-state index in [1.54, 1.807) is 7.11 Å². The smallest absolute Gasteiger partial charge is 0.308 e. The van der Waals surface area contributed by atoms with Gasteiger partial charge in [0.15, 0.2) is 10.9 Å². The van der Waals surface area contributed by atoms with E-state index >= 15 is 0 Å². The first kappa shape index (κ1) is 17.8. The van der Waals surface area contributed by atoms with Crippen molar-refractivity contribution in [3.05, 3.63) is 35.9 Å². The molecule has 8 heteroatoms. The second-order valence-electron chi connectivity index (χ2n) is 6.30. The van der Waals surface area contributed by atoms with Crippen molar-refractivity contribution in [1.82, 2.24) is 9.78 Å². The lowest BCUT2D eigenvalue weighted by atomic mass is 10.2. The number of anilines is 1. The topological polar surface area (TPSA) is 65.8 Å². The van der Waals surface area contributed by atoms with Gasteiger partial charge in [0.1, 0.15) is 10.4 Å². The highest BCUT2D eigenvalue weighted by Crippen LogP contribution is 2.38. The van der Waals surface area contributed by atoms with Gasteiger partial charge < -0.3 is 19.1 Å². The van der Waals surface area contributed by atoms with Gasteiger partial charge in [-0.1, -0.05) is 23.5 Å². The molecule has 2 aromatic heterocycles. The number of carbonyl (C=O) groups excluding carboxylic acids is 1. The number of esters is 1. The van der Waals surface area contributed by atoms with Gasteiger partial charge in [0.25, 0.3) is 0 Å². The minimum atomic E-state index is -0.318. The Morgan fingerprint density at radius 2 is 2.00 bits per heavy atom.